The number of thiophene rings is 1. The van der Waals surface area contributed by atoms with Gasteiger partial charge in [-0.1, -0.05) is 11.6 Å². The molecule has 2 N–H and O–H groups in total. The van der Waals surface area contributed by atoms with Crippen LogP contribution in [0.3, 0.4) is 0 Å². The minimum atomic E-state index is -0.683. The standard InChI is InChI=1S/C18H17ClN4OS/c1-10-14(12-4-11(8-20)5-13(19)6-12)9-25-16(10)18(2)7-15(24)23(3)17(21)22-18/h4-6,9H,7H2,1-3H3,(H2,21,22)/t18-/m0/s1. The van der Waals surface area contributed by atoms with Crippen molar-refractivity contribution in [2.24, 2.45) is 10.7 Å². The Kier molecular flexibility index (Phi) is 4.31. The van der Waals surface area contributed by atoms with Crippen LogP contribution < -0.4 is 5.73 Å². The lowest BCUT2D eigenvalue weighted by molar-refractivity contribution is -0.128. The average Bonchev–Trinajstić information content (AvgIpc) is 2.94. The number of nitrogens with zero attached hydrogens (tertiary/aromatic N) is 3. The van der Waals surface area contributed by atoms with Gasteiger partial charge in [0.25, 0.3) is 0 Å². The van der Waals surface area contributed by atoms with E-state index in [0.717, 1.165) is 21.6 Å². The first kappa shape index (κ1) is 17.5. The fraction of sp³-hybridized carbons (Fsp3) is 0.278. The van der Waals surface area contributed by atoms with Gasteiger partial charge in [-0.3, -0.25) is 9.69 Å². The van der Waals surface area contributed by atoms with Crippen LogP contribution in [0.5, 0.6) is 0 Å². The smallest absolute Gasteiger partial charge is 0.231 e. The van der Waals surface area contributed by atoms with Gasteiger partial charge in [-0.2, -0.15) is 5.26 Å². The van der Waals surface area contributed by atoms with E-state index in [9.17, 15) is 4.79 Å². The normalized spacial score (nSPS) is 20.4. The Labute approximate surface area is 155 Å². The SMILES string of the molecule is Cc1c(-c2cc(Cl)cc(C#N)c2)csc1[C@]1(C)CC(=O)N(C)C(N)=N1. The molecule has 1 aliphatic heterocycles. The topological polar surface area (TPSA) is 82.5 Å². The Morgan fingerprint density at radius 1 is 1.44 bits per heavy atom. The van der Waals surface area contributed by atoms with Crippen LogP contribution in [-0.2, 0) is 10.3 Å². The highest BCUT2D eigenvalue weighted by atomic mass is 35.5. The highest BCUT2D eigenvalue weighted by molar-refractivity contribution is 7.10. The summed E-state index contributed by atoms with van der Waals surface area (Å²) in [7, 11) is 1.63. The van der Waals surface area contributed by atoms with Gasteiger partial charge in [-0.05, 0) is 54.1 Å². The van der Waals surface area contributed by atoms with Crippen molar-refractivity contribution in [1.29, 1.82) is 5.26 Å². The molecular formula is C18H17ClN4OS. The lowest BCUT2D eigenvalue weighted by Gasteiger charge is -2.33. The van der Waals surface area contributed by atoms with Crippen LogP contribution in [0.15, 0.2) is 28.6 Å². The number of carbonyl (C=O) groups is 1. The number of halogens is 1. The summed E-state index contributed by atoms with van der Waals surface area (Å²) < 4.78 is 0. The molecule has 0 unspecified atom stereocenters. The monoisotopic (exact) mass is 372 g/mol. The molecule has 0 bridgehead atoms. The third-order valence-electron chi connectivity index (χ3n) is 4.44. The van der Waals surface area contributed by atoms with E-state index in [1.807, 2.05) is 31.4 Å². The second kappa shape index (κ2) is 6.17. The number of benzene rings is 1. The van der Waals surface area contributed by atoms with Crippen LogP contribution in [0.25, 0.3) is 11.1 Å². The second-order valence-corrected chi connectivity index (χ2v) is 7.63. The molecule has 7 heteroatoms. The van der Waals surface area contributed by atoms with Gasteiger partial charge in [0.15, 0.2) is 5.96 Å². The van der Waals surface area contributed by atoms with E-state index in [4.69, 9.17) is 22.6 Å². The zero-order valence-corrected chi connectivity index (χ0v) is 15.7. The van der Waals surface area contributed by atoms with Crippen molar-refractivity contribution in [3.63, 3.8) is 0 Å². The lowest BCUT2D eigenvalue weighted by Crippen LogP contribution is -2.47. The molecule has 0 aliphatic carbocycles. The Hall–Kier alpha value is -2.36. The predicted octanol–water partition coefficient (Wildman–Crippen LogP) is 3.64. The third kappa shape index (κ3) is 3.01. The first-order chi connectivity index (χ1) is 11.7. The number of carbonyl (C=O) groups excluding carboxylic acids is 1. The van der Waals surface area contributed by atoms with E-state index in [1.165, 1.54) is 4.90 Å². The molecule has 25 heavy (non-hydrogen) atoms. The van der Waals surface area contributed by atoms with Crippen LogP contribution in [0.4, 0.5) is 0 Å². The largest absolute Gasteiger partial charge is 0.369 e. The van der Waals surface area contributed by atoms with Gasteiger partial charge in [0, 0.05) is 16.9 Å². The van der Waals surface area contributed by atoms with Crippen molar-refractivity contribution in [2.45, 2.75) is 25.8 Å². The number of hydrogen-bond acceptors (Lipinski definition) is 5. The fourth-order valence-electron chi connectivity index (χ4n) is 3.08. The summed E-state index contributed by atoms with van der Waals surface area (Å²) in [5.74, 6) is 0.168. The molecule has 1 aromatic carbocycles. The van der Waals surface area contributed by atoms with Crippen LogP contribution >= 0.6 is 22.9 Å². The molecule has 5 nitrogen and oxygen atoms in total. The lowest BCUT2D eigenvalue weighted by atomic mass is 9.90. The summed E-state index contributed by atoms with van der Waals surface area (Å²) >= 11 is 7.67. The summed E-state index contributed by atoms with van der Waals surface area (Å²) in [5, 5.41) is 11.7. The van der Waals surface area contributed by atoms with E-state index in [2.05, 4.69) is 11.1 Å². The number of guanidine groups is 1. The summed E-state index contributed by atoms with van der Waals surface area (Å²) in [4.78, 5) is 19.2. The van der Waals surface area contributed by atoms with Crippen LogP contribution in [0.1, 0.15) is 29.3 Å². The van der Waals surface area contributed by atoms with E-state index in [-0.39, 0.29) is 18.3 Å². The Morgan fingerprint density at radius 3 is 2.80 bits per heavy atom. The highest BCUT2D eigenvalue weighted by Crippen LogP contribution is 2.42. The van der Waals surface area contributed by atoms with Gasteiger partial charge < -0.3 is 5.73 Å². The van der Waals surface area contributed by atoms with E-state index < -0.39 is 5.54 Å². The molecule has 0 saturated heterocycles. The molecule has 0 fully saturated rings. The molecule has 1 aliphatic rings. The number of rotatable bonds is 2. The van der Waals surface area contributed by atoms with Crippen LogP contribution in [0.2, 0.25) is 5.02 Å². The zero-order valence-electron chi connectivity index (χ0n) is 14.1. The van der Waals surface area contributed by atoms with E-state index in [0.29, 0.717) is 10.6 Å². The molecule has 2 heterocycles. The highest BCUT2D eigenvalue weighted by Gasteiger charge is 2.38. The maximum atomic E-state index is 12.2. The number of hydrogen-bond donors (Lipinski definition) is 1. The van der Waals surface area contributed by atoms with Crippen LogP contribution in [-0.4, -0.2) is 23.8 Å². The first-order valence-electron chi connectivity index (χ1n) is 7.66. The summed E-state index contributed by atoms with van der Waals surface area (Å²) in [6.45, 7) is 3.92. The molecule has 2 aromatic rings. The number of nitrogens with two attached hydrogens (primary N) is 1. The molecule has 128 valence electrons. The molecule has 1 aromatic heterocycles. The van der Waals surface area contributed by atoms with Gasteiger partial charge in [0.2, 0.25) is 5.91 Å². The Balaban J connectivity index is 2.10. The maximum absolute atomic E-state index is 12.2. The quantitative estimate of drug-likeness (QED) is 0.873. The average molecular weight is 373 g/mol. The number of aliphatic imine (C=N–C) groups is 1. The molecule has 0 spiro atoms. The molecule has 1 atom stereocenters. The molecule has 3 rings (SSSR count). The van der Waals surface area contributed by atoms with Gasteiger partial charge >= 0.3 is 0 Å². The van der Waals surface area contributed by atoms with E-state index in [1.54, 1.807) is 24.5 Å². The van der Waals surface area contributed by atoms with Gasteiger partial charge in [0.1, 0.15) is 5.54 Å². The second-order valence-electron chi connectivity index (χ2n) is 6.32. The summed E-state index contributed by atoms with van der Waals surface area (Å²) in [6.07, 6.45) is 0.268. The number of amides is 1. The summed E-state index contributed by atoms with van der Waals surface area (Å²) in [5.41, 5.74) is 8.63. The molecule has 0 radical (unpaired) electrons. The van der Waals surface area contributed by atoms with Crippen molar-refractivity contribution in [3.8, 4) is 17.2 Å². The first-order valence-corrected chi connectivity index (χ1v) is 8.92. The minimum Gasteiger partial charge on any atom is -0.369 e. The molecular weight excluding hydrogens is 356 g/mol. The van der Waals surface area contributed by atoms with Gasteiger partial charge in [-0.15, -0.1) is 11.3 Å². The molecule has 1 amide bonds. The molecule has 0 saturated carbocycles. The Morgan fingerprint density at radius 2 is 2.16 bits per heavy atom. The summed E-state index contributed by atoms with van der Waals surface area (Å²) in [6, 6.07) is 7.40. The van der Waals surface area contributed by atoms with Crippen molar-refractivity contribution in [2.75, 3.05) is 7.05 Å². The van der Waals surface area contributed by atoms with Crippen molar-refractivity contribution in [3.05, 3.63) is 44.6 Å². The predicted molar refractivity (Wildman–Crippen MR) is 101 cm³/mol. The van der Waals surface area contributed by atoms with Crippen molar-refractivity contribution < 1.29 is 4.79 Å². The maximum Gasteiger partial charge on any atom is 0.231 e. The van der Waals surface area contributed by atoms with Gasteiger partial charge in [-0.25, -0.2) is 4.99 Å². The Bertz CT molecular complexity index is 943. The minimum absolute atomic E-state index is 0.0566. The van der Waals surface area contributed by atoms with Gasteiger partial charge in [0.05, 0.1) is 18.1 Å². The third-order valence-corrected chi connectivity index (χ3v) is 5.99. The number of nitriles is 1. The van der Waals surface area contributed by atoms with Crippen molar-refractivity contribution >= 4 is 34.8 Å². The van der Waals surface area contributed by atoms with E-state index >= 15 is 0 Å². The fourth-order valence-corrected chi connectivity index (χ4v) is 4.52. The zero-order chi connectivity index (χ0) is 18.4. The van der Waals surface area contributed by atoms with Crippen molar-refractivity contribution in [1.82, 2.24) is 4.90 Å². The van der Waals surface area contributed by atoms with Crippen LogP contribution in [0, 0.1) is 18.3 Å².